The normalized spacial score (nSPS) is 11.3. The number of imidazole rings is 1. The van der Waals surface area contributed by atoms with Crippen LogP contribution in [0, 0.1) is 10.1 Å². The number of hydrogen-bond acceptors (Lipinski definition) is 5. The molecule has 3 aromatic carbocycles. The van der Waals surface area contributed by atoms with Gasteiger partial charge in [0.2, 0.25) is 0 Å². The second kappa shape index (κ2) is 6.12. The number of non-ortho nitro benzene ring substituents is 1. The van der Waals surface area contributed by atoms with Crippen LogP contribution in [-0.4, -0.2) is 37.8 Å². The van der Waals surface area contributed by atoms with E-state index in [4.69, 9.17) is 0 Å². The molecule has 0 radical (unpaired) electrons. The minimum atomic E-state index is -0.411. The van der Waals surface area contributed by atoms with Crippen LogP contribution in [0.4, 0.5) is 5.69 Å². The summed E-state index contributed by atoms with van der Waals surface area (Å²) in [6, 6.07) is 18.5. The molecule has 0 bridgehead atoms. The Kier molecular flexibility index (Phi) is 3.60. The van der Waals surface area contributed by atoms with Gasteiger partial charge in [-0.3, -0.25) is 10.1 Å². The summed E-state index contributed by atoms with van der Waals surface area (Å²) in [5, 5.41) is 10.8. The fourth-order valence-corrected chi connectivity index (χ4v) is 4.11. The number of nitro groups is 1. The van der Waals surface area contributed by atoms with E-state index < -0.39 is 4.92 Å². The van der Waals surface area contributed by atoms with Crippen molar-refractivity contribution in [1.29, 1.82) is 0 Å². The second-order valence-electron chi connectivity index (χ2n) is 6.09. The van der Waals surface area contributed by atoms with Gasteiger partial charge in [-0.2, -0.15) is 0 Å². The fourth-order valence-electron chi connectivity index (χ4n) is 3.03. The molecule has 27 heavy (non-hydrogen) atoms. The Hall–Kier alpha value is -3.35. The molecule has 0 aliphatic heterocycles. The zero-order valence-corrected chi connectivity index (χ0v) is 15.5. The summed E-state index contributed by atoms with van der Waals surface area (Å²) < 4.78 is 8.81. The van der Waals surface area contributed by atoms with Gasteiger partial charge < -0.3 is 0 Å². The molecular weight excluding hydrogens is 409 g/mol. The molecule has 5 rings (SSSR count). The van der Waals surface area contributed by atoms with E-state index in [-0.39, 0.29) is 20.6 Å². The minimum absolute atomic E-state index is 0.0338. The van der Waals surface area contributed by atoms with Crippen LogP contribution in [0.1, 0.15) is 0 Å². The number of benzene rings is 3. The molecule has 0 atom stereocenters. The maximum absolute atomic E-state index is 10.8. The first-order valence-corrected chi connectivity index (χ1v) is 9.68. The molecule has 0 aliphatic carbocycles. The Balaban J connectivity index is 1.55. The number of H-pyrrole nitrogens is 1. The summed E-state index contributed by atoms with van der Waals surface area (Å²) in [7, 11) is 0. The quantitative estimate of drug-likeness (QED) is 0.272. The SMILES string of the molecule is O=[N+]([O-])c1ccc(-c2nc3ccc(-c4ccc5n[se]nc5c4)cc3[nH]2)cc1. The number of nitrogens with one attached hydrogen (secondary N) is 1. The van der Waals surface area contributed by atoms with E-state index in [1.54, 1.807) is 12.1 Å². The van der Waals surface area contributed by atoms with Gasteiger partial charge in [-0.15, -0.1) is 0 Å². The predicted molar refractivity (Wildman–Crippen MR) is 104 cm³/mol. The van der Waals surface area contributed by atoms with Crippen molar-refractivity contribution in [3.05, 3.63) is 70.8 Å². The Labute approximate surface area is 159 Å². The number of nitrogens with zero attached hydrogens (tertiary/aromatic N) is 4. The molecule has 8 heteroatoms. The van der Waals surface area contributed by atoms with Crippen molar-refractivity contribution in [3.8, 4) is 22.5 Å². The number of fused-ring (bicyclic) bond motifs is 2. The van der Waals surface area contributed by atoms with Gasteiger partial charge in [0, 0.05) is 0 Å². The van der Waals surface area contributed by atoms with E-state index in [1.807, 2.05) is 24.3 Å². The molecule has 2 aromatic heterocycles. The average molecular weight is 420 g/mol. The molecular formula is C19H11N5O2Se. The summed E-state index contributed by atoms with van der Waals surface area (Å²) in [5.41, 5.74) is 6.68. The molecule has 0 spiro atoms. The molecule has 7 nitrogen and oxygen atoms in total. The van der Waals surface area contributed by atoms with Crippen LogP contribution in [0.15, 0.2) is 60.7 Å². The Morgan fingerprint density at radius 2 is 1.48 bits per heavy atom. The van der Waals surface area contributed by atoms with Crippen molar-refractivity contribution < 1.29 is 4.92 Å². The average Bonchev–Trinajstić information content (AvgIpc) is 3.33. The van der Waals surface area contributed by atoms with Gasteiger partial charge in [0.15, 0.2) is 0 Å². The predicted octanol–water partition coefficient (Wildman–Crippen LogP) is 3.81. The van der Waals surface area contributed by atoms with Crippen LogP contribution >= 0.6 is 0 Å². The number of nitro benzene ring substituents is 1. The maximum atomic E-state index is 10.8. The number of hydrogen-bond donors (Lipinski definition) is 1. The summed E-state index contributed by atoms with van der Waals surface area (Å²) >= 11 is -0.0338. The Morgan fingerprint density at radius 1 is 0.815 bits per heavy atom. The third-order valence-electron chi connectivity index (χ3n) is 4.42. The monoisotopic (exact) mass is 421 g/mol. The van der Waals surface area contributed by atoms with E-state index in [1.165, 1.54) is 12.1 Å². The molecule has 0 amide bonds. The van der Waals surface area contributed by atoms with Crippen LogP contribution in [0.5, 0.6) is 0 Å². The molecule has 0 saturated heterocycles. The first kappa shape index (κ1) is 15.9. The zero-order valence-electron chi connectivity index (χ0n) is 13.8. The van der Waals surface area contributed by atoms with Crippen LogP contribution in [0.25, 0.3) is 44.6 Å². The fraction of sp³-hybridized carbons (Fsp3) is 0. The van der Waals surface area contributed by atoms with E-state index in [9.17, 15) is 10.1 Å². The number of aromatic nitrogens is 4. The van der Waals surface area contributed by atoms with Crippen LogP contribution < -0.4 is 0 Å². The van der Waals surface area contributed by atoms with E-state index in [0.717, 1.165) is 38.8 Å². The van der Waals surface area contributed by atoms with Crippen LogP contribution in [0.3, 0.4) is 0 Å². The van der Waals surface area contributed by atoms with Crippen molar-refractivity contribution in [2.45, 2.75) is 0 Å². The number of rotatable bonds is 3. The molecule has 0 saturated carbocycles. The van der Waals surface area contributed by atoms with Crippen molar-refractivity contribution in [1.82, 2.24) is 17.9 Å². The Bertz CT molecular complexity index is 1310. The third-order valence-corrected chi connectivity index (χ3v) is 5.59. The summed E-state index contributed by atoms with van der Waals surface area (Å²) in [6.45, 7) is 0. The molecule has 5 aromatic rings. The van der Waals surface area contributed by atoms with Gasteiger partial charge in [-0.25, -0.2) is 0 Å². The van der Waals surface area contributed by atoms with E-state index >= 15 is 0 Å². The van der Waals surface area contributed by atoms with Crippen LogP contribution in [-0.2, 0) is 0 Å². The molecule has 2 heterocycles. The van der Waals surface area contributed by atoms with Crippen molar-refractivity contribution in [2.24, 2.45) is 0 Å². The van der Waals surface area contributed by atoms with Gasteiger partial charge in [-0.05, 0) is 0 Å². The van der Waals surface area contributed by atoms with E-state index in [0.29, 0.717) is 5.82 Å². The van der Waals surface area contributed by atoms with Gasteiger partial charge in [0.1, 0.15) is 0 Å². The van der Waals surface area contributed by atoms with Gasteiger partial charge in [0.25, 0.3) is 5.69 Å². The van der Waals surface area contributed by atoms with Crippen molar-refractivity contribution in [2.75, 3.05) is 0 Å². The zero-order chi connectivity index (χ0) is 18.4. The van der Waals surface area contributed by atoms with Gasteiger partial charge in [0.05, 0.1) is 4.92 Å². The molecule has 0 aliphatic rings. The molecule has 1 N–H and O–H groups in total. The molecule has 0 unspecified atom stereocenters. The first-order chi connectivity index (χ1) is 13.2. The second-order valence-corrected chi connectivity index (χ2v) is 7.20. The molecule has 130 valence electrons. The van der Waals surface area contributed by atoms with Crippen molar-refractivity contribution >= 4 is 42.7 Å². The first-order valence-electron chi connectivity index (χ1n) is 8.15. The topological polar surface area (TPSA) is 97.6 Å². The number of aromatic amines is 1. The Morgan fingerprint density at radius 3 is 2.26 bits per heavy atom. The van der Waals surface area contributed by atoms with E-state index in [2.05, 4.69) is 30.1 Å². The van der Waals surface area contributed by atoms with Crippen molar-refractivity contribution in [3.63, 3.8) is 0 Å². The standard InChI is InChI=1S/C19H11N5O2Se/c25-24(26)14-5-1-11(2-6-14)19-20-15-7-3-12(9-17(15)21-19)13-4-8-16-18(10-13)23-27-22-16/h1-10H,(H,20,21). The summed E-state index contributed by atoms with van der Waals surface area (Å²) in [6.07, 6.45) is 0. The van der Waals surface area contributed by atoms with Gasteiger partial charge >= 0.3 is 138 Å². The summed E-state index contributed by atoms with van der Waals surface area (Å²) in [4.78, 5) is 18.3. The molecule has 0 fully saturated rings. The van der Waals surface area contributed by atoms with Crippen LogP contribution in [0.2, 0.25) is 0 Å². The summed E-state index contributed by atoms with van der Waals surface area (Å²) in [5.74, 6) is 0.683. The third kappa shape index (κ3) is 2.81. The van der Waals surface area contributed by atoms with Gasteiger partial charge in [-0.1, -0.05) is 0 Å².